The van der Waals surface area contributed by atoms with Crippen molar-refractivity contribution in [3.63, 3.8) is 0 Å². The molecule has 1 rings (SSSR count). The molecule has 0 fully saturated rings. The molecule has 3 nitrogen and oxygen atoms in total. The van der Waals surface area contributed by atoms with Gasteiger partial charge in [0.15, 0.2) is 0 Å². The normalized spacial score (nSPS) is 6.67. The quantitative estimate of drug-likeness (QED) is 0.515. The molecule has 0 saturated heterocycles. The van der Waals surface area contributed by atoms with Crippen molar-refractivity contribution in [2.24, 2.45) is 0 Å². The summed E-state index contributed by atoms with van der Waals surface area (Å²) in [5, 5.41) is 8.63. The number of phenolic OH excluding ortho intramolecular Hbond substituents is 1. The Morgan fingerprint density at radius 3 is 1.56 bits per heavy atom. The number of hydrogen-bond acceptors (Lipinski definition) is 1. The Labute approximate surface area is 53.2 Å². The van der Waals surface area contributed by atoms with Gasteiger partial charge >= 0.3 is 0 Å². The monoisotopic (exact) mass is 130 g/mol. The third kappa shape index (κ3) is 3.52. The first kappa shape index (κ1) is 10.8. The van der Waals surface area contributed by atoms with Crippen LogP contribution in [0.2, 0.25) is 0 Å². The highest BCUT2D eigenvalue weighted by Gasteiger charge is 1.74. The number of hydrogen-bond donors (Lipinski definition) is 1. The molecule has 0 unspecified atom stereocenters. The largest absolute Gasteiger partial charge is 0.508 e. The van der Waals surface area contributed by atoms with E-state index in [9.17, 15) is 0 Å². The van der Waals surface area contributed by atoms with E-state index in [0.29, 0.717) is 5.75 Å². The topological polar surface area (TPSA) is 83.2 Å². The zero-order valence-corrected chi connectivity index (χ0v) is 4.83. The molecule has 0 aliphatic rings. The average Bonchev–Trinajstić information content (AvgIpc) is 1.69. The molecule has 1 aromatic carbocycles. The first-order chi connectivity index (χ1) is 3.39. The Morgan fingerprint density at radius 1 is 0.889 bits per heavy atom. The van der Waals surface area contributed by atoms with E-state index in [4.69, 9.17) is 5.11 Å². The van der Waals surface area contributed by atoms with Gasteiger partial charge in [-0.2, -0.15) is 0 Å². The van der Waals surface area contributed by atoms with Crippen LogP contribution in [0.15, 0.2) is 30.3 Å². The molecule has 0 amide bonds. The van der Waals surface area contributed by atoms with Crippen molar-refractivity contribution in [2.45, 2.75) is 0 Å². The van der Waals surface area contributed by atoms with Crippen molar-refractivity contribution in [2.75, 3.05) is 0 Å². The van der Waals surface area contributed by atoms with Crippen LogP contribution in [0.1, 0.15) is 0 Å². The predicted molar refractivity (Wildman–Crippen MR) is 35.3 cm³/mol. The maximum absolute atomic E-state index is 8.63. The Balaban J connectivity index is 0. The SMILES string of the molecule is O.O.Oc1ccccc1. The van der Waals surface area contributed by atoms with Crippen LogP contribution in [0, 0.1) is 0 Å². The minimum Gasteiger partial charge on any atom is -0.508 e. The Hall–Kier alpha value is -1.06. The molecular formula is C6H10O3. The van der Waals surface area contributed by atoms with Crippen molar-refractivity contribution < 1.29 is 16.1 Å². The van der Waals surface area contributed by atoms with E-state index in [1.807, 2.05) is 6.07 Å². The highest BCUT2D eigenvalue weighted by molar-refractivity contribution is 5.18. The fourth-order valence-electron chi connectivity index (χ4n) is 0.428. The van der Waals surface area contributed by atoms with E-state index in [2.05, 4.69) is 0 Å². The van der Waals surface area contributed by atoms with E-state index in [0.717, 1.165) is 0 Å². The molecule has 0 radical (unpaired) electrons. The number of benzene rings is 1. The number of para-hydroxylation sites is 1. The lowest BCUT2D eigenvalue weighted by Gasteiger charge is -1.82. The van der Waals surface area contributed by atoms with Crippen LogP contribution in [0.25, 0.3) is 0 Å². The van der Waals surface area contributed by atoms with Gasteiger partial charge in [-0.25, -0.2) is 0 Å². The molecule has 0 heterocycles. The molecule has 0 aliphatic heterocycles. The van der Waals surface area contributed by atoms with Crippen LogP contribution in [0.3, 0.4) is 0 Å². The minimum absolute atomic E-state index is 0. The standard InChI is InChI=1S/C6H6O.2H2O/c7-6-4-2-1-3-5-6;;/h1-5,7H;2*1H2. The Kier molecular flexibility index (Phi) is 6.12. The van der Waals surface area contributed by atoms with Crippen molar-refractivity contribution in [1.82, 2.24) is 0 Å². The van der Waals surface area contributed by atoms with Gasteiger partial charge in [0, 0.05) is 0 Å². The second-order valence-corrected chi connectivity index (χ2v) is 1.34. The molecule has 0 spiro atoms. The summed E-state index contributed by atoms with van der Waals surface area (Å²) in [6, 6.07) is 8.71. The van der Waals surface area contributed by atoms with E-state index >= 15 is 0 Å². The summed E-state index contributed by atoms with van der Waals surface area (Å²) in [7, 11) is 0. The van der Waals surface area contributed by atoms with Crippen molar-refractivity contribution in [3.8, 4) is 5.75 Å². The summed E-state index contributed by atoms with van der Waals surface area (Å²) in [6.45, 7) is 0. The zero-order valence-electron chi connectivity index (χ0n) is 4.83. The van der Waals surface area contributed by atoms with Gasteiger partial charge in [-0.05, 0) is 12.1 Å². The summed E-state index contributed by atoms with van der Waals surface area (Å²) in [6.07, 6.45) is 0. The van der Waals surface area contributed by atoms with Gasteiger partial charge in [0.1, 0.15) is 5.75 Å². The molecule has 3 heteroatoms. The highest BCUT2D eigenvalue weighted by atomic mass is 16.3. The summed E-state index contributed by atoms with van der Waals surface area (Å²) in [4.78, 5) is 0. The molecule has 0 bridgehead atoms. The van der Waals surface area contributed by atoms with Crippen LogP contribution in [-0.2, 0) is 0 Å². The number of rotatable bonds is 0. The summed E-state index contributed by atoms with van der Waals surface area (Å²) < 4.78 is 0. The van der Waals surface area contributed by atoms with Gasteiger partial charge in [-0.3, -0.25) is 0 Å². The Bertz CT molecular complexity index is 138. The van der Waals surface area contributed by atoms with Crippen LogP contribution >= 0.6 is 0 Å². The minimum atomic E-state index is 0. The van der Waals surface area contributed by atoms with Gasteiger partial charge < -0.3 is 16.1 Å². The predicted octanol–water partition coefficient (Wildman–Crippen LogP) is -0.257. The summed E-state index contributed by atoms with van der Waals surface area (Å²) in [5.74, 6) is 0.322. The lowest BCUT2D eigenvalue weighted by molar-refractivity contribution is 0.475. The van der Waals surface area contributed by atoms with Crippen LogP contribution in [-0.4, -0.2) is 16.1 Å². The van der Waals surface area contributed by atoms with Gasteiger partial charge in [-0.1, -0.05) is 18.2 Å². The first-order valence-corrected chi connectivity index (χ1v) is 2.13. The molecule has 0 saturated carbocycles. The van der Waals surface area contributed by atoms with Crippen LogP contribution < -0.4 is 0 Å². The third-order valence-electron chi connectivity index (χ3n) is 0.756. The molecule has 0 atom stereocenters. The highest BCUT2D eigenvalue weighted by Crippen LogP contribution is 2.02. The van der Waals surface area contributed by atoms with Crippen molar-refractivity contribution in [3.05, 3.63) is 30.3 Å². The van der Waals surface area contributed by atoms with Crippen LogP contribution in [0.4, 0.5) is 0 Å². The summed E-state index contributed by atoms with van der Waals surface area (Å²) >= 11 is 0. The van der Waals surface area contributed by atoms with Crippen molar-refractivity contribution >= 4 is 0 Å². The maximum Gasteiger partial charge on any atom is 0.115 e. The average molecular weight is 130 g/mol. The molecule has 52 valence electrons. The van der Waals surface area contributed by atoms with Crippen LogP contribution in [0.5, 0.6) is 5.75 Å². The first-order valence-electron chi connectivity index (χ1n) is 2.13. The molecule has 0 aromatic heterocycles. The third-order valence-corrected chi connectivity index (χ3v) is 0.756. The van der Waals surface area contributed by atoms with Gasteiger partial charge in [0.25, 0.3) is 0 Å². The number of phenols is 1. The fraction of sp³-hybridized carbons (Fsp3) is 0. The van der Waals surface area contributed by atoms with E-state index in [1.165, 1.54) is 0 Å². The molecule has 1 aromatic rings. The Morgan fingerprint density at radius 2 is 1.33 bits per heavy atom. The lowest BCUT2D eigenvalue weighted by atomic mass is 10.3. The zero-order chi connectivity index (χ0) is 5.11. The van der Waals surface area contributed by atoms with Gasteiger partial charge in [-0.15, -0.1) is 0 Å². The lowest BCUT2D eigenvalue weighted by Crippen LogP contribution is -1.56. The second kappa shape index (κ2) is 5.08. The molecule has 9 heavy (non-hydrogen) atoms. The van der Waals surface area contributed by atoms with E-state index < -0.39 is 0 Å². The molecular weight excluding hydrogens is 120 g/mol. The number of aromatic hydroxyl groups is 1. The summed E-state index contributed by atoms with van der Waals surface area (Å²) in [5.41, 5.74) is 0. The molecule has 5 N–H and O–H groups in total. The van der Waals surface area contributed by atoms with E-state index in [-0.39, 0.29) is 11.0 Å². The second-order valence-electron chi connectivity index (χ2n) is 1.34. The van der Waals surface area contributed by atoms with Crippen molar-refractivity contribution in [1.29, 1.82) is 0 Å². The van der Waals surface area contributed by atoms with E-state index in [1.54, 1.807) is 24.3 Å². The van der Waals surface area contributed by atoms with Gasteiger partial charge in [0.05, 0.1) is 0 Å². The molecule has 0 aliphatic carbocycles. The smallest absolute Gasteiger partial charge is 0.115 e. The fourth-order valence-corrected chi connectivity index (χ4v) is 0.428. The maximum atomic E-state index is 8.63. The van der Waals surface area contributed by atoms with Gasteiger partial charge in [0.2, 0.25) is 0 Å².